The molecule has 14 nitrogen and oxygen atoms in total. The third-order valence-electron chi connectivity index (χ3n) is 10.1. The van der Waals surface area contributed by atoms with Gasteiger partial charge in [0.05, 0.1) is 38.1 Å². The smallest absolute Gasteiger partial charge is 0.462 e. The Hall–Kier alpha value is -2.78. The molecule has 1 unspecified atom stereocenters. The molecule has 0 bridgehead atoms. The Kier molecular flexibility index (Phi) is 32.9. The largest absolute Gasteiger partial charge is 0.472 e. The number of esters is 2. The van der Waals surface area contributed by atoms with Gasteiger partial charge in [-0.25, -0.2) is 4.57 Å². The van der Waals surface area contributed by atoms with Crippen LogP contribution in [-0.2, 0) is 37.5 Å². The van der Waals surface area contributed by atoms with Crippen molar-refractivity contribution in [1.82, 2.24) is 0 Å². The Labute approximate surface area is 364 Å². The van der Waals surface area contributed by atoms with Gasteiger partial charge < -0.3 is 39.9 Å². The number of aliphatic hydroxyl groups is 5. The summed E-state index contributed by atoms with van der Waals surface area (Å²) < 4.78 is 32.6. The topological polar surface area (TPSA) is 227 Å². The molecule has 0 aromatic heterocycles. The van der Waals surface area contributed by atoms with Gasteiger partial charge in [-0.2, -0.15) is 0 Å². The third-order valence-corrected chi connectivity index (χ3v) is 11.1. The Morgan fingerprint density at radius 2 is 1.33 bits per heavy atom. The fourth-order valence-corrected chi connectivity index (χ4v) is 7.42. The number of hydrogen-bond donors (Lipinski definition) is 6. The number of hydrogen-bond acceptors (Lipinski definition) is 13. The van der Waals surface area contributed by atoms with E-state index < -0.39 is 88.5 Å². The lowest BCUT2D eigenvalue weighted by Crippen LogP contribution is -2.30. The second-order valence-corrected chi connectivity index (χ2v) is 17.1. The van der Waals surface area contributed by atoms with Crippen LogP contribution in [0.1, 0.15) is 142 Å². The molecule has 350 valence electrons. The number of phosphoric acid groups is 1. The molecule has 0 amide bonds. The molecule has 0 aromatic carbocycles. The fraction of sp³-hybridized carbons (Fsp3) is 0.717. The molecule has 0 aromatic rings. The highest BCUT2D eigenvalue weighted by molar-refractivity contribution is 7.47. The van der Waals surface area contributed by atoms with E-state index in [0.717, 1.165) is 70.6 Å². The number of Topliss-reactive ketones (excluding diaryl/α,β-unsaturated/α-hetero) is 1. The lowest BCUT2D eigenvalue weighted by Gasteiger charge is -2.21. The van der Waals surface area contributed by atoms with Crippen molar-refractivity contribution in [2.45, 2.75) is 173 Å². The van der Waals surface area contributed by atoms with Gasteiger partial charge in [0.25, 0.3) is 0 Å². The molecule has 1 fully saturated rings. The van der Waals surface area contributed by atoms with Gasteiger partial charge in [0.1, 0.15) is 18.5 Å². The molecule has 1 aliphatic carbocycles. The van der Waals surface area contributed by atoms with Crippen molar-refractivity contribution in [1.29, 1.82) is 0 Å². The Morgan fingerprint density at radius 1 is 0.721 bits per heavy atom. The first-order chi connectivity index (χ1) is 29.3. The zero-order valence-corrected chi connectivity index (χ0v) is 37.6. The van der Waals surface area contributed by atoms with Crippen LogP contribution in [0.2, 0.25) is 0 Å². The molecule has 0 spiro atoms. The fourth-order valence-electron chi connectivity index (χ4n) is 6.63. The maximum atomic E-state index is 12.9. The summed E-state index contributed by atoms with van der Waals surface area (Å²) in [6.45, 7) is 1.68. The summed E-state index contributed by atoms with van der Waals surface area (Å²) in [5.41, 5.74) is 0. The molecule has 0 saturated heterocycles. The van der Waals surface area contributed by atoms with Crippen LogP contribution in [0.4, 0.5) is 0 Å². The number of aliphatic hydroxyl groups excluding tert-OH is 5. The van der Waals surface area contributed by atoms with Gasteiger partial charge in [-0.1, -0.05) is 107 Å². The summed E-state index contributed by atoms with van der Waals surface area (Å²) in [5, 5.41) is 49.7. The molecule has 0 aliphatic heterocycles. The average Bonchev–Trinajstić information content (AvgIpc) is 3.49. The van der Waals surface area contributed by atoms with Crippen LogP contribution in [0.5, 0.6) is 0 Å². The summed E-state index contributed by atoms with van der Waals surface area (Å²) in [4.78, 5) is 48.1. The highest BCUT2D eigenvalue weighted by atomic mass is 31.2. The SMILES string of the molecule is CC/C=C\C/C=C\C/C=C\C/C=C\CCCCCCC(=O)OC[C@H](COP(=O)(O)OC[C@@H](O)CO)OC(=O)CCCCC(=O)C[C@@H]1[C@@H](/C=C/[C@@H](O)CCCCC)[C@H](O)C[C@@H]1O. The quantitative estimate of drug-likeness (QED) is 0.0154. The van der Waals surface area contributed by atoms with Crippen molar-refractivity contribution in [2.75, 3.05) is 26.4 Å². The average molecular weight is 885 g/mol. The minimum atomic E-state index is -4.73. The summed E-state index contributed by atoms with van der Waals surface area (Å²) in [6, 6.07) is 0. The van der Waals surface area contributed by atoms with Gasteiger partial charge in [-0.3, -0.25) is 23.4 Å². The van der Waals surface area contributed by atoms with E-state index >= 15 is 0 Å². The highest BCUT2D eigenvalue weighted by Crippen LogP contribution is 2.43. The van der Waals surface area contributed by atoms with Crippen molar-refractivity contribution in [3.8, 4) is 0 Å². The third kappa shape index (κ3) is 30.0. The monoisotopic (exact) mass is 885 g/mol. The highest BCUT2D eigenvalue weighted by Gasteiger charge is 2.41. The van der Waals surface area contributed by atoms with E-state index in [-0.39, 0.29) is 44.3 Å². The van der Waals surface area contributed by atoms with Gasteiger partial charge in [-0.05, 0) is 64.2 Å². The maximum absolute atomic E-state index is 12.9. The minimum Gasteiger partial charge on any atom is -0.462 e. The first-order valence-corrected chi connectivity index (χ1v) is 23.9. The number of allylic oxidation sites excluding steroid dienone is 8. The van der Waals surface area contributed by atoms with Gasteiger partial charge in [0.15, 0.2) is 6.10 Å². The van der Waals surface area contributed by atoms with E-state index in [4.69, 9.17) is 19.1 Å². The van der Waals surface area contributed by atoms with E-state index in [1.54, 1.807) is 12.2 Å². The van der Waals surface area contributed by atoms with E-state index in [1.165, 1.54) is 0 Å². The van der Waals surface area contributed by atoms with Gasteiger partial charge in [0.2, 0.25) is 0 Å². The van der Waals surface area contributed by atoms with E-state index in [9.17, 15) is 44.3 Å². The standard InChI is InChI=1S/C46H77O14P/c1-3-5-7-8-9-10-11-12-13-14-15-16-17-18-19-20-22-27-45(53)57-35-40(36-59-61(55,56)58-34-39(50)33-47)60-46(54)28-24-23-26-38(49)31-42-41(43(51)32-44(42)52)30-29-37(48)25-21-6-4-2/h5,7,9-10,12-13,15-16,29-30,37,39-44,47-48,50-52H,3-4,6,8,11,14,17-28,31-36H2,1-2H3,(H,55,56)/b7-5-,10-9-,13-12-,16-15-,30-29+/t37-,39-,40+,41+,42+,43+,44-/m0/s1. The summed E-state index contributed by atoms with van der Waals surface area (Å²) in [7, 11) is -4.73. The van der Waals surface area contributed by atoms with Crippen LogP contribution in [0, 0.1) is 11.8 Å². The van der Waals surface area contributed by atoms with Crippen LogP contribution in [0.25, 0.3) is 0 Å². The van der Waals surface area contributed by atoms with E-state index in [0.29, 0.717) is 19.3 Å². The number of carbonyl (C=O) groups excluding carboxylic acids is 3. The zero-order valence-electron chi connectivity index (χ0n) is 36.7. The second-order valence-electron chi connectivity index (χ2n) is 15.7. The predicted molar refractivity (Wildman–Crippen MR) is 235 cm³/mol. The Balaban J connectivity index is 2.51. The molecule has 1 saturated carbocycles. The molecular formula is C46H77O14P. The van der Waals surface area contributed by atoms with Crippen molar-refractivity contribution >= 4 is 25.5 Å². The van der Waals surface area contributed by atoms with Crippen molar-refractivity contribution in [2.24, 2.45) is 11.8 Å². The normalized spacial score (nSPS) is 20.9. The molecule has 6 N–H and O–H groups in total. The molecule has 8 atom stereocenters. The molecule has 0 radical (unpaired) electrons. The van der Waals surface area contributed by atoms with Crippen molar-refractivity contribution in [3.05, 3.63) is 60.8 Å². The van der Waals surface area contributed by atoms with E-state index in [1.807, 2.05) is 0 Å². The van der Waals surface area contributed by atoms with Crippen LogP contribution >= 0.6 is 7.82 Å². The van der Waals surface area contributed by atoms with Crippen molar-refractivity contribution < 1.29 is 67.9 Å². The van der Waals surface area contributed by atoms with Gasteiger partial charge in [-0.15, -0.1) is 0 Å². The van der Waals surface area contributed by atoms with Crippen LogP contribution in [0.3, 0.4) is 0 Å². The zero-order chi connectivity index (χ0) is 45.1. The van der Waals surface area contributed by atoms with Crippen LogP contribution < -0.4 is 0 Å². The lowest BCUT2D eigenvalue weighted by molar-refractivity contribution is -0.161. The molecule has 0 heterocycles. The maximum Gasteiger partial charge on any atom is 0.472 e. The van der Waals surface area contributed by atoms with E-state index in [2.05, 4.69) is 67.0 Å². The molecule has 1 aliphatic rings. The summed E-state index contributed by atoms with van der Waals surface area (Å²) in [6.07, 6.45) is 28.1. The minimum absolute atomic E-state index is 0.0407. The summed E-state index contributed by atoms with van der Waals surface area (Å²) in [5.74, 6) is -2.34. The second kappa shape index (κ2) is 35.7. The number of ether oxygens (including phenoxy) is 2. The number of phosphoric ester groups is 1. The number of unbranched alkanes of at least 4 members (excludes halogenated alkanes) is 7. The predicted octanol–water partition coefficient (Wildman–Crippen LogP) is 7.45. The van der Waals surface area contributed by atoms with Crippen LogP contribution in [0.15, 0.2) is 60.8 Å². The first kappa shape index (κ1) is 56.2. The number of ketones is 1. The van der Waals surface area contributed by atoms with Gasteiger partial charge >= 0.3 is 19.8 Å². The molecule has 61 heavy (non-hydrogen) atoms. The Bertz CT molecular complexity index is 1380. The molecule has 1 rings (SSSR count). The first-order valence-electron chi connectivity index (χ1n) is 22.4. The number of carbonyl (C=O) groups is 3. The summed E-state index contributed by atoms with van der Waals surface area (Å²) >= 11 is 0. The molecule has 15 heteroatoms. The number of rotatable bonds is 37. The van der Waals surface area contributed by atoms with Crippen LogP contribution in [-0.4, -0.2) is 105 Å². The van der Waals surface area contributed by atoms with Crippen molar-refractivity contribution in [3.63, 3.8) is 0 Å². The Morgan fingerprint density at radius 3 is 2.00 bits per heavy atom. The lowest BCUT2D eigenvalue weighted by atomic mass is 9.87. The van der Waals surface area contributed by atoms with Gasteiger partial charge in [0, 0.05) is 43.9 Å². The molecular weight excluding hydrogens is 807 g/mol.